The van der Waals surface area contributed by atoms with Gasteiger partial charge in [0.1, 0.15) is 5.75 Å². The Labute approximate surface area is 177 Å². The largest absolute Gasteiger partial charge is 0.484 e. The van der Waals surface area contributed by atoms with Crippen molar-refractivity contribution in [3.8, 4) is 5.75 Å². The number of benzene rings is 2. The molecule has 1 fully saturated rings. The smallest absolute Gasteiger partial charge is 0.261 e. The number of sulfone groups is 1. The number of carbonyl (C=O) groups excluding carboxylic acids is 1. The molecule has 1 aliphatic heterocycles. The molecule has 1 saturated heterocycles. The fourth-order valence-corrected chi connectivity index (χ4v) is 5.34. The first kappa shape index (κ1) is 21.7. The van der Waals surface area contributed by atoms with Crippen molar-refractivity contribution in [3.05, 3.63) is 64.7 Å². The third kappa shape index (κ3) is 5.97. The summed E-state index contributed by atoms with van der Waals surface area (Å²) in [7, 11) is -3.11. The quantitative estimate of drug-likeness (QED) is 0.657. The SMILES string of the molecule is CC(C)c1ccc(CN(C(=O)COc2cccc(Cl)c2)C2CCS(=O)(=O)C2)cc1. The lowest BCUT2D eigenvalue weighted by molar-refractivity contribution is -0.136. The van der Waals surface area contributed by atoms with Crippen molar-refractivity contribution < 1.29 is 17.9 Å². The van der Waals surface area contributed by atoms with Crippen LogP contribution in [-0.4, -0.2) is 43.4 Å². The van der Waals surface area contributed by atoms with Crippen LogP contribution in [0.5, 0.6) is 5.75 Å². The minimum absolute atomic E-state index is 0.0000171. The van der Waals surface area contributed by atoms with Crippen LogP contribution in [0.25, 0.3) is 0 Å². The number of amides is 1. The molecule has 7 heteroatoms. The Kier molecular flexibility index (Phi) is 6.85. The van der Waals surface area contributed by atoms with Gasteiger partial charge in [-0.15, -0.1) is 0 Å². The van der Waals surface area contributed by atoms with Crippen LogP contribution in [0.3, 0.4) is 0 Å². The Hall–Kier alpha value is -2.05. The maximum Gasteiger partial charge on any atom is 0.261 e. The standard InChI is InChI=1S/C22H26ClNO4S/c1-16(2)18-8-6-17(7-9-18)13-24(20-10-11-29(26,27)15-20)22(25)14-28-21-5-3-4-19(23)12-21/h3-9,12,16,20H,10-11,13-15H2,1-2H3. The molecule has 156 valence electrons. The normalized spacial score (nSPS) is 18.0. The lowest BCUT2D eigenvalue weighted by Gasteiger charge is -2.28. The first-order valence-electron chi connectivity index (χ1n) is 9.70. The molecule has 0 saturated carbocycles. The highest BCUT2D eigenvalue weighted by molar-refractivity contribution is 7.91. The minimum Gasteiger partial charge on any atom is -0.484 e. The number of halogens is 1. The molecule has 0 radical (unpaired) electrons. The van der Waals surface area contributed by atoms with Crippen LogP contribution >= 0.6 is 11.6 Å². The summed E-state index contributed by atoms with van der Waals surface area (Å²) >= 11 is 5.96. The van der Waals surface area contributed by atoms with Crippen molar-refractivity contribution in [2.24, 2.45) is 0 Å². The van der Waals surface area contributed by atoms with Crippen molar-refractivity contribution in [2.75, 3.05) is 18.1 Å². The van der Waals surface area contributed by atoms with Gasteiger partial charge in [0.05, 0.1) is 11.5 Å². The van der Waals surface area contributed by atoms with Gasteiger partial charge in [-0.25, -0.2) is 8.42 Å². The van der Waals surface area contributed by atoms with E-state index >= 15 is 0 Å². The molecule has 0 aliphatic carbocycles. The molecular formula is C22H26ClNO4S. The number of hydrogen-bond donors (Lipinski definition) is 0. The Bertz CT molecular complexity index is 957. The fourth-order valence-electron chi connectivity index (χ4n) is 3.43. The van der Waals surface area contributed by atoms with Crippen molar-refractivity contribution in [2.45, 2.75) is 38.8 Å². The second-order valence-corrected chi connectivity index (χ2v) is 10.4. The zero-order chi connectivity index (χ0) is 21.0. The topological polar surface area (TPSA) is 63.7 Å². The molecule has 0 bridgehead atoms. The summed E-state index contributed by atoms with van der Waals surface area (Å²) in [6.07, 6.45) is 0.454. The van der Waals surface area contributed by atoms with Gasteiger partial charge >= 0.3 is 0 Å². The maximum absolute atomic E-state index is 13.0. The molecule has 29 heavy (non-hydrogen) atoms. The predicted molar refractivity (Wildman–Crippen MR) is 115 cm³/mol. The first-order valence-corrected chi connectivity index (χ1v) is 11.9. The first-order chi connectivity index (χ1) is 13.7. The lowest BCUT2D eigenvalue weighted by Crippen LogP contribution is -2.43. The van der Waals surface area contributed by atoms with Gasteiger partial charge in [-0.1, -0.05) is 55.8 Å². The third-order valence-electron chi connectivity index (χ3n) is 5.13. The van der Waals surface area contributed by atoms with Crippen molar-refractivity contribution in [3.63, 3.8) is 0 Å². The molecule has 2 aromatic rings. The molecule has 1 amide bonds. The molecule has 1 atom stereocenters. The van der Waals surface area contributed by atoms with E-state index in [9.17, 15) is 13.2 Å². The highest BCUT2D eigenvalue weighted by atomic mass is 35.5. The predicted octanol–water partition coefficient (Wildman–Crippen LogP) is 4.06. The summed E-state index contributed by atoms with van der Waals surface area (Å²) in [6, 6.07) is 14.6. The number of ether oxygens (including phenoxy) is 1. The zero-order valence-electron chi connectivity index (χ0n) is 16.7. The summed E-state index contributed by atoms with van der Waals surface area (Å²) in [4.78, 5) is 14.6. The van der Waals surface area contributed by atoms with E-state index in [0.29, 0.717) is 29.7 Å². The van der Waals surface area contributed by atoms with Crippen molar-refractivity contribution in [1.82, 2.24) is 4.90 Å². The van der Waals surface area contributed by atoms with Crippen LogP contribution < -0.4 is 4.74 Å². The minimum atomic E-state index is -3.11. The Morgan fingerprint density at radius 2 is 1.93 bits per heavy atom. The highest BCUT2D eigenvalue weighted by Crippen LogP contribution is 2.23. The Morgan fingerprint density at radius 3 is 2.52 bits per heavy atom. The lowest BCUT2D eigenvalue weighted by atomic mass is 10.0. The van der Waals surface area contributed by atoms with E-state index < -0.39 is 9.84 Å². The molecule has 2 aromatic carbocycles. The van der Waals surface area contributed by atoms with Crippen LogP contribution in [0.15, 0.2) is 48.5 Å². The van der Waals surface area contributed by atoms with Gasteiger partial charge in [0, 0.05) is 17.6 Å². The molecule has 0 spiro atoms. The molecule has 1 aliphatic rings. The summed E-state index contributed by atoms with van der Waals surface area (Å²) in [5.41, 5.74) is 2.19. The molecule has 1 heterocycles. The fraction of sp³-hybridized carbons (Fsp3) is 0.409. The van der Waals surface area contributed by atoms with Crippen LogP contribution in [0.1, 0.15) is 37.3 Å². The molecule has 3 rings (SSSR count). The van der Waals surface area contributed by atoms with Gasteiger partial charge < -0.3 is 9.64 Å². The summed E-state index contributed by atoms with van der Waals surface area (Å²) < 4.78 is 29.6. The molecule has 0 aromatic heterocycles. The second-order valence-electron chi connectivity index (χ2n) is 7.72. The molecule has 5 nitrogen and oxygen atoms in total. The number of hydrogen-bond acceptors (Lipinski definition) is 4. The van der Waals surface area contributed by atoms with Crippen LogP contribution in [0, 0.1) is 0 Å². The summed E-state index contributed by atoms with van der Waals surface area (Å²) in [6.45, 7) is 4.44. The summed E-state index contributed by atoms with van der Waals surface area (Å²) in [5, 5.41) is 0.527. The monoisotopic (exact) mass is 435 g/mol. The average Bonchev–Trinajstić information content (AvgIpc) is 3.04. The highest BCUT2D eigenvalue weighted by Gasteiger charge is 2.34. The van der Waals surface area contributed by atoms with Crippen LogP contribution in [0.2, 0.25) is 5.02 Å². The van der Waals surface area contributed by atoms with E-state index in [0.717, 1.165) is 5.56 Å². The van der Waals surface area contributed by atoms with Gasteiger partial charge in [-0.2, -0.15) is 0 Å². The molecule has 1 unspecified atom stereocenters. The Morgan fingerprint density at radius 1 is 1.21 bits per heavy atom. The van der Waals surface area contributed by atoms with E-state index in [4.69, 9.17) is 16.3 Å². The van der Waals surface area contributed by atoms with E-state index in [1.165, 1.54) is 5.56 Å². The van der Waals surface area contributed by atoms with Gasteiger partial charge in [0.25, 0.3) is 5.91 Å². The third-order valence-corrected chi connectivity index (χ3v) is 7.11. The van der Waals surface area contributed by atoms with Gasteiger partial charge in [-0.05, 0) is 41.7 Å². The number of carbonyl (C=O) groups is 1. The number of nitrogens with zero attached hydrogens (tertiary/aromatic N) is 1. The maximum atomic E-state index is 13.0. The van der Waals surface area contributed by atoms with Crippen molar-refractivity contribution >= 4 is 27.3 Å². The summed E-state index contributed by atoms with van der Waals surface area (Å²) in [5.74, 6) is 0.807. The van der Waals surface area contributed by atoms with Crippen LogP contribution in [-0.2, 0) is 21.2 Å². The molecular weight excluding hydrogens is 410 g/mol. The average molecular weight is 436 g/mol. The molecule has 0 N–H and O–H groups in total. The zero-order valence-corrected chi connectivity index (χ0v) is 18.2. The van der Waals surface area contributed by atoms with Gasteiger partial charge in [0.2, 0.25) is 0 Å². The van der Waals surface area contributed by atoms with Gasteiger partial charge in [0.15, 0.2) is 16.4 Å². The van der Waals surface area contributed by atoms with Crippen LogP contribution in [0.4, 0.5) is 0 Å². The van der Waals surface area contributed by atoms with E-state index in [1.807, 2.05) is 12.1 Å². The van der Waals surface area contributed by atoms with E-state index in [-0.39, 0.29) is 30.1 Å². The second kappa shape index (κ2) is 9.18. The van der Waals surface area contributed by atoms with Gasteiger partial charge in [-0.3, -0.25) is 4.79 Å². The van der Waals surface area contributed by atoms with E-state index in [1.54, 1.807) is 29.2 Å². The number of rotatable bonds is 7. The van der Waals surface area contributed by atoms with E-state index in [2.05, 4.69) is 26.0 Å². The Balaban J connectivity index is 1.74. The van der Waals surface area contributed by atoms with Crippen molar-refractivity contribution in [1.29, 1.82) is 0 Å².